The van der Waals surface area contributed by atoms with E-state index in [1.54, 1.807) is 42.5 Å². The van der Waals surface area contributed by atoms with E-state index in [-0.39, 0.29) is 12.2 Å². The molecule has 0 saturated carbocycles. The van der Waals surface area contributed by atoms with E-state index in [0.29, 0.717) is 54.6 Å². The summed E-state index contributed by atoms with van der Waals surface area (Å²) in [5.74, 6) is 0.850. The molecule has 34 heavy (non-hydrogen) atoms. The number of halogens is 5. The van der Waals surface area contributed by atoms with Crippen molar-refractivity contribution in [3.8, 4) is 5.75 Å². The van der Waals surface area contributed by atoms with Gasteiger partial charge in [-0.15, -0.1) is 0 Å². The lowest BCUT2D eigenvalue weighted by Crippen LogP contribution is -2.22. The van der Waals surface area contributed by atoms with Crippen LogP contribution in [0.15, 0.2) is 62.9 Å². The predicted molar refractivity (Wildman–Crippen MR) is 143 cm³/mol. The van der Waals surface area contributed by atoms with Crippen LogP contribution in [0.5, 0.6) is 5.75 Å². The summed E-state index contributed by atoms with van der Waals surface area (Å²) in [6, 6.07) is 13.8. The second-order valence-corrected chi connectivity index (χ2v) is 9.82. The molecule has 0 saturated heterocycles. The van der Waals surface area contributed by atoms with Crippen molar-refractivity contribution in [2.45, 2.75) is 20.0 Å². The molecule has 4 aromatic rings. The number of hydrogen-bond acceptors (Lipinski definition) is 4. The summed E-state index contributed by atoms with van der Waals surface area (Å²) in [6.07, 6.45) is 2.03. The predicted octanol–water partition coefficient (Wildman–Crippen LogP) is 7.80. The maximum atomic E-state index is 13.0. The van der Waals surface area contributed by atoms with E-state index in [2.05, 4.69) is 26.0 Å². The maximum Gasteiger partial charge on any atom is 0.282 e. The first kappa shape index (κ1) is 25.0. The quantitative estimate of drug-likeness (QED) is 0.213. The fraction of sp³-hybridized carbons (Fsp3) is 0.125. The summed E-state index contributed by atoms with van der Waals surface area (Å²) in [4.78, 5) is 17.6. The molecule has 0 bridgehead atoms. The zero-order valence-electron chi connectivity index (χ0n) is 17.7. The highest BCUT2D eigenvalue weighted by Gasteiger charge is 2.13. The molecular weight excluding hydrogens is 584 g/mol. The van der Waals surface area contributed by atoms with Crippen LogP contribution in [0.25, 0.3) is 10.9 Å². The van der Waals surface area contributed by atoms with Gasteiger partial charge in [0.25, 0.3) is 5.56 Å². The van der Waals surface area contributed by atoms with Crippen molar-refractivity contribution in [3.63, 3.8) is 0 Å². The summed E-state index contributed by atoms with van der Waals surface area (Å²) in [7, 11) is 0. The Morgan fingerprint density at radius 1 is 1.03 bits per heavy atom. The second-order valence-electron chi connectivity index (χ2n) is 7.24. The third-order valence-corrected chi connectivity index (χ3v) is 6.56. The minimum absolute atomic E-state index is 0.163. The van der Waals surface area contributed by atoms with Crippen LogP contribution in [0.3, 0.4) is 0 Å². The van der Waals surface area contributed by atoms with Crippen LogP contribution in [-0.4, -0.2) is 15.9 Å². The molecule has 174 valence electrons. The third-order valence-electron chi connectivity index (χ3n) is 4.92. The van der Waals surface area contributed by atoms with Gasteiger partial charge in [0.2, 0.25) is 0 Å². The van der Waals surface area contributed by atoms with Crippen molar-refractivity contribution in [3.05, 3.63) is 100 Å². The molecule has 0 radical (unpaired) electrons. The van der Waals surface area contributed by atoms with Gasteiger partial charge in [-0.1, -0.05) is 75.3 Å². The summed E-state index contributed by atoms with van der Waals surface area (Å²) >= 11 is 28.4. The number of fused-ring (bicyclic) bond motifs is 1. The second kappa shape index (κ2) is 10.7. The highest BCUT2D eigenvalue weighted by atomic mass is 79.9. The van der Waals surface area contributed by atoms with Gasteiger partial charge in [-0.2, -0.15) is 9.78 Å². The highest BCUT2D eigenvalue weighted by molar-refractivity contribution is 9.10. The minimum atomic E-state index is -0.267. The normalized spacial score (nSPS) is 11.5. The van der Waals surface area contributed by atoms with Gasteiger partial charge in [-0.05, 0) is 48.0 Å². The van der Waals surface area contributed by atoms with Gasteiger partial charge in [0.15, 0.2) is 5.75 Å². The topological polar surface area (TPSA) is 56.5 Å². The zero-order valence-corrected chi connectivity index (χ0v) is 22.3. The lowest BCUT2D eigenvalue weighted by molar-refractivity contribution is 0.306. The van der Waals surface area contributed by atoms with Crippen LogP contribution in [-0.2, 0) is 13.0 Å². The molecule has 0 fully saturated rings. The monoisotopic (exact) mass is 597 g/mol. The largest absolute Gasteiger partial charge is 0.486 e. The van der Waals surface area contributed by atoms with Crippen molar-refractivity contribution < 1.29 is 4.74 Å². The fourth-order valence-electron chi connectivity index (χ4n) is 3.25. The van der Waals surface area contributed by atoms with E-state index < -0.39 is 0 Å². The lowest BCUT2D eigenvalue weighted by Gasteiger charge is -2.12. The third kappa shape index (κ3) is 5.42. The Kier molecular flexibility index (Phi) is 7.85. The maximum absolute atomic E-state index is 13.0. The van der Waals surface area contributed by atoms with E-state index in [1.807, 2.05) is 13.0 Å². The van der Waals surface area contributed by atoms with Crippen LogP contribution >= 0.6 is 62.3 Å². The van der Waals surface area contributed by atoms with Gasteiger partial charge in [0.05, 0.1) is 27.2 Å². The smallest absolute Gasteiger partial charge is 0.282 e. The number of ether oxygens (including phenoxy) is 1. The Morgan fingerprint density at radius 2 is 1.76 bits per heavy atom. The molecule has 0 unspecified atom stereocenters. The van der Waals surface area contributed by atoms with Gasteiger partial charge in [-0.25, -0.2) is 4.98 Å². The summed E-state index contributed by atoms with van der Waals surface area (Å²) in [6.45, 7) is 2.07. The molecule has 0 amide bonds. The van der Waals surface area contributed by atoms with Gasteiger partial charge in [-0.3, -0.25) is 4.79 Å². The molecule has 0 aliphatic carbocycles. The Labute approximate surface area is 224 Å². The number of nitrogens with zero attached hydrogens (tertiary/aromatic N) is 3. The summed E-state index contributed by atoms with van der Waals surface area (Å²) < 4.78 is 7.87. The first-order chi connectivity index (χ1) is 16.3. The van der Waals surface area contributed by atoms with Crippen LogP contribution in [0, 0.1) is 0 Å². The molecular formula is C24H16BrCl4N3O2. The average Bonchev–Trinajstić information content (AvgIpc) is 2.79. The van der Waals surface area contributed by atoms with Crippen LogP contribution in [0.1, 0.15) is 23.9 Å². The Balaban J connectivity index is 1.62. The molecule has 0 spiro atoms. The molecule has 4 rings (SSSR count). The van der Waals surface area contributed by atoms with E-state index >= 15 is 0 Å². The van der Waals surface area contributed by atoms with Crippen LogP contribution in [0.4, 0.5) is 0 Å². The molecule has 5 nitrogen and oxygen atoms in total. The number of benzene rings is 3. The van der Waals surface area contributed by atoms with Gasteiger partial charge in [0, 0.05) is 26.5 Å². The summed E-state index contributed by atoms with van der Waals surface area (Å²) in [5, 5.41) is 6.43. The van der Waals surface area contributed by atoms with E-state index in [4.69, 9.17) is 51.1 Å². The standard InChI is InChI=1S/C24H16BrCl4N3O2/c1-2-22-31-21-6-4-15(25)9-17(21)24(33)32(22)30-11-13-7-19(28)23(20(29)8-13)34-12-14-3-5-16(26)10-18(14)27/h3-11H,2,12H2,1H3. The first-order valence-corrected chi connectivity index (χ1v) is 12.4. The van der Waals surface area contributed by atoms with Crippen molar-refractivity contribution in [2.75, 3.05) is 0 Å². The molecule has 0 atom stereocenters. The van der Waals surface area contributed by atoms with Gasteiger partial charge in [0.1, 0.15) is 12.4 Å². The van der Waals surface area contributed by atoms with Gasteiger partial charge >= 0.3 is 0 Å². The number of rotatable bonds is 6. The van der Waals surface area contributed by atoms with E-state index in [0.717, 1.165) is 10.0 Å². The number of aryl methyl sites for hydroxylation is 1. The van der Waals surface area contributed by atoms with Crippen molar-refractivity contribution in [1.82, 2.24) is 9.66 Å². The lowest BCUT2D eigenvalue weighted by atomic mass is 10.2. The number of hydrogen-bond donors (Lipinski definition) is 0. The van der Waals surface area contributed by atoms with Gasteiger partial charge < -0.3 is 4.74 Å². The highest BCUT2D eigenvalue weighted by Crippen LogP contribution is 2.35. The molecule has 0 aliphatic rings. The molecule has 0 aliphatic heterocycles. The minimum Gasteiger partial charge on any atom is -0.486 e. The van der Waals surface area contributed by atoms with Crippen LogP contribution < -0.4 is 10.3 Å². The molecule has 10 heteroatoms. The first-order valence-electron chi connectivity index (χ1n) is 10.1. The van der Waals surface area contributed by atoms with Crippen molar-refractivity contribution >= 4 is 79.5 Å². The Hall–Kier alpha value is -2.09. The van der Waals surface area contributed by atoms with Crippen LogP contribution in [0.2, 0.25) is 20.1 Å². The van der Waals surface area contributed by atoms with Crippen molar-refractivity contribution in [2.24, 2.45) is 5.10 Å². The Morgan fingerprint density at radius 3 is 2.44 bits per heavy atom. The SMILES string of the molecule is CCc1nc2ccc(Br)cc2c(=O)n1N=Cc1cc(Cl)c(OCc2ccc(Cl)cc2Cl)c(Cl)c1. The molecule has 1 aromatic heterocycles. The van der Waals surface area contributed by atoms with E-state index in [1.165, 1.54) is 10.9 Å². The zero-order chi connectivity index (χ0) is 24.4. The Bertz CT molecular complexity index is 1460. The van der Waals surface area contributed by atoms with Crippen molar-refractivity contribution in [1.29, 1.82) is 0 Å². The molecule has 1 heterocycles. The molecule has 0 N–H and O–H groups in total. The number of aromatic nitrogens is 2. The molecule has 3 aromatic carbocycles. The fourth-order valence-corrected chi connectivity index (χ4v) is 4.68. The summed E-state index contributed by atoms with van der Waals surface area (Å²) in [5.41, 5.74) is 1.68. The average molecular weight is 600 g/mol. The van der Waals surface area contributed by atoms with E-state index in [9.17, 15) is 4.79 Å².